The standard InChI is InChI=1S/C20H21N3O2S/c1-13-3-5-15(6-4-13)20-22-21-18(25-20)7-8-19(24)23-11-9-17-16(14(23)2)10-12-26-17/h3-6,10,12,14H,7-9,11H2,1-2H3/t14-/m0/s1. The molecule has 6 heteroatoms. The van der Waals surface area contributed by atoms with Gasteiger partial charge in [0.05, 0.1) is 6.04 Å². The lowest BCUT2D eigenvalue weighted by Crippen LogP contribution is -2.38. The van der Waals surface area contributed by atoms with Crippen LogP contribution in [0.25, 0.3) is 11.5 Å². The second-order valence-corrected chi connectivity index (χ2v) is 7.68. The number of fused-ring (bicyclic) bond motifs is 1. The highest BCUT2D eigenvalue weighted by molar-refractivity contribution is 7.10. The van der Waals surface area contributed by atoms with Gasteiger partial charge in [-0.1, -0.05) is 17.7 Å². The van der Waals surface area contributed by atoms with Crippen LogP contribution in [0.15, 0.2) is 40.1 Å². The molecule has 0 fully saturated rings. The van der Waals surface area contributed by atoms with Crippen LogP contribution in [0, 0.1) is 6.92 Å². The van der Waals surface area contributed by atoms with Crippen molar-refractivity contribution in [3.63, 3.8) is 0 Å². The minimum atomic E-state index is 0.142. The van der Waals surface area contributed by atoms with Crippen molar-refractivity contribution >= 4 is 17.2 Å². The van der Waals surface area contributed by atoms with Gasteiger partial charge in [-0.05, 0) is 49.4 Å². The summed E-state index contributed by atoms with van der Waals surface area (Å²) in [5, 5.41) is 10.3. The quantitative estimate of drug-likeness (QED) is 0.694. The lowest BCUT2D eigenvalue weighted by Gasteiger charge is -2.33. The molecule has 5 nitrogen and oxygen atoms in total. The van der Waals surface area contributed by atoms with E-state index < -0.39 is 0 Å². The lowest BCUT2D eigenvalue weighted by atomic mass is 10.0. The van der Waals surface area contributed by atoms with E-state index in [1.165, 1.54) is 16.0 Å². The molecule has 3 heterocycles. The summed E-state index contributed by atoms with van der Waals surface area (Å²) in [5.74, 6) is 1.15. The smallest absolute Gasteiger partial charge is 0.247 e. The molecule has 1 amide bonds. The number of aryl methyl sites for hydroxylation is 2. The van der Waals surface area contributed by atoms with E-state index in [1.807, 2.05) is 36.1 Å². The van der Waals surface area contributed by atoms with Crippen LogP contribution < -0.4 is 0 Å². The van der Waals surface area contributed by atoms with Crippen molar-refractivity contribution in [2.24, 2.45) is 0 Å². The Kier molecular flexibility index (Phi) is 4.59. The molecule has 0 bridgehead atoms. The second kappa shape index (κ2) is 7.03. The molecule has 0 aliphatic carbocycles. The highest BCUT2D eigenvalue weighted by atomic mass is 32.1. The normalized spacial score (nSPS) is 16.5. The molecule has 1 aliphatic rings. The van der Waals surface area contributed by atoms with E-state index in [0.717, 1.165) is 18.5 Å². The van der Waals surface area contributed by atoms with Crippen LogP contribution in [0.3, 0.4) is 0 Å². The Morgan fingerprint density at radius 1 is 1.27 bits per heavy atom. The summed E-state index contributed by atoms with van der Waals surface area (Å²) >= 11 is 1.78. The predicted octanol–water partition coefficient (Wildman–Crippen LogP) is 4.19. The maximum atomic E-state index is 12.7. The van der Waals surface area contributed by atoms with Crippen molar-refractivity contribution in [2.75, 3.05) is 6.54 Å². The molecule has 1 atom stereocenters. The zero-order chi connectivity index (χ0) is 18.1. The van der Waals surface area contributed by atoms with Gasteiger partial charge >= 0.3 is 0 Å². The van der Waals surface area contributed by atoms with E-state index in [1.54, 1.807) is 11.3 Å². The Hall–Kier alpha value is -2.47. The number of hydrogen-bond donors (Lipinski definition) is 0. The van der Waals surface area contributed by atoms with E-state index in [-0.39, 0.29) is 11.9 Å². The fourth-order valence-corrected chi connectivity index (χ4v) is 4.34. The Morgan fingerprint density at radius 3 is 2.88 bits per heavy atom. The average Bonchev–Trinajstić information content (AvgIpc) is 3.30. The highest BCUT2D eigenvalue weighted by Crippen LogP contribution is 2.33. The van der Waals surface area contributed by atoms with Gasteiger partial charge in [-0.3, -0.25) is 4.79 Å². The summed E-state index contributed by atoms with van der Waals surface area (Å²) in [6.45, 7) is 4.92. The average molecular weight is 367 g/mol. The van der Waals surface area contributed by atoms with Gasteiger partial charge in [0, 0.05) is 29.8 Å². The minimum absolute atomic E-state index is 0.142. The maximum Gasteiger partial charge on any atom is 0.247 e. The molecular formula is C20H21N3O2S. The van der Waals surface area contributed by atoms with E-state index in [9.17, 15) is 4.79 Å². The molecule has 0 N–H and O–H groups in total. The van der Waals surface area contributed by atoms with Crippen molar-refractivity contribution in [2.45, 2.75) is 39.2 Å². The van der Waals surface area contributed by atoms with E-state index in [4.69, 9.17) is 4.42 Å². The number of thiophene rings is 1. The van der Waals surface area contributed by atoms with Gasteiger partial charge in [-0.15, -0.1) is 21.5 Å². The number of benzene rings is 1. The van der Waals surface area contributed by atoms with Crippen molar-refractivity contribution < 1.29 is 9.21 Å². The molecule has 4 rings (SSSR count). The fourth-order valence-electron chi connectivity index (χ4n) is 3.38. The Bertz CT molecular complexity index is 913. The van der Waals surface area contributed by atoms with Gasteiger partial charge in [-0.25, -0.2) is 0 Å². The van der Waals surface area contributed by atoms with Gasteiger partial charge in [0.2, 0.25) is 17.7 Å². The number of aromatic nitrogens is 2. The lowest BCUT2D eigenvalue weighted by molar-refractivity contribution is -0.133. The molecule has 0 saturated carbocycles. The Balaban J connectivity index is 1.39. The number of hydrogen-bond acceptors (Lipinski definition) is 5. The van der Waals surface area contributed by atoms with Crippen molar-refractivity contribution in [1.82, 2.24) is 15.1 Å². The molecule has 2 aromatic heterocycles. The van der Waals surface area contributed by atoms with Crippen molar-refractivity contribution in [3.05, 3.63) is 57.6 Å². The molecule has 0 radical (unpaired) electrons. The highest BCUT2D eigenvalue weighted by Gasteiger charge is 2.28. The third kappa shape index (κ3) is 3.29. The first kappa shape index (κ1) is 17.0. The summed E-state index contributed by atoms with van der Waals surface area (Å²) < 4.78 is 5.73. The summed E-state index contributed by atoms with van der Waals surface area (Å²) in [6.07, 6.45) is 1.80. The second-order valence-electron chi connectivity index (χ2n) is 6.68. The zero-order valence-corrected chi connectivity index (χ0v) is 15.8. The number of amides is 1. The van der Waals surface area contributed by atoms with Gasteiger partial charge in [-0.2, -0.15) is 0 Å². The molecular weight excluding hydrogens is 346 g/mol. The van der Waals surface area contributed by atoms with Crippen LogP contribution in [0.2, 0.25) is 0 Å². The third-order valence-electron chi connectivity index (χ3n) is 4.92. The topological polar surface area (TPSA) is 59.2 Å². The molecule has 26 heavy (non-hydrogen) atoms. The van der Waals surface area contributed by atoms with Crippen LogP contribution >= 0.6 is 11.3 Å². The van der Waals surface area contributed by atoms with E-state index in [2.05, 4.69) is 28.6 Å². The molecule has 0 saturated heterocycles. The Morgan fingerprint density at radius 2 is 2.08 bits per heavy atom. The van der Waals surface area contributed by atoms with Gasteiger partial charge in [0.1, 0.15) is 0 Å². The minimum Gasteiger partial charge on any atom is -0.421 e. The van der Waals surface area contributed by atoms with Gasteiger partial charge in [0.15, 0.2) is 0 Å². The maximum absolute atomic E-state index is 12.7. The third-order valence-corrected chi connectivity index (χ3v) is 5.91. The molecule has 1 aliphatic heterocycles. The van der Waals surface area contributed by atoms with Gasteiger partial charge < -0.3 is 9.32 Å². The largest absolute Gasteiger partial charge is 0.421 e. The first-order chi connectivity index (χ1) is 12.6. The molecule has 0 unspecified atom stereocenters. The van der Waals surface area contributed by atoms with Crippen LogP contribution in [-0.2, 0) is 17.6 Å². The van der Waals surface area contributed by atoms with Crippen LogP contribution in [0.1, 0.15) is 41.3 Å². The molecule has 134 valence electrons. The number of carbonyl (C=O) groups is 1. The van der Waals surface area contributed by atoms with Crippen molar-refractivity contribution in [3.8, 4) is 11.5 Å². The fraction of sp³-hybridized carbons (Fsp3) is 0.350. The Labute approximate surface area is 156 Å². The summed E-state index contributed by atoms with van der Waals surface area (Å²) in [6, 6.07) is 10.2. The summed E-state index contributed by atoms with van der Waals surface area (Å²) in [5.41, 5.74) is 3.37. The monoisotopic (exact) mass is 367 g/mol. The van der Waals surface area contributed by atoms with E-state index >= 15 is 0 Å². The number of rotatable bonds is 4. The predicted molar refractivity (Wildman–Crippen MR) is 101 cm³/mol. The van der Waals surface area contributed by atoms with Gasteiger partial charge in [0.25, 0.3) is 0 Å². The van der Waals surface area contributed by atoms with Crippen LogP contribution in [0.5, 0.6) is 0 Å². The zero-order valence-electron chi connectivity index (χ0n) is 14.9. The van der Waals surface area contributed by atoms with Crippen LogP contribution in [-0.4, -0.2) is 27.5 Å². The SMILES string of the molecule is Cc1ccc(-c2nnc(CCC(=O)N3CCc4sccc4[C@@H]3C)o2)cc1. The first-order valence-electron chi connectivity index (χ1n) is 8.87. The summed E-state index contributed by atoms with van der Waals surface area (Å²) in [7, 11) is 0. The van der Waals surface area contributed by atoms with E-state index in [0.29, 0.717) is 24.6 Å². The summed E-state index contributed by atoms with van der Waals surface area (Å²) in [4.78, 5) is 16.0. The van der Waals surface area contributed by atoms with Crippen LogP contribution in [0.4, 0.5) is 0 Å². The number of carbonyl (C=O) groups excluding carboxylic acids is 1. The molecule has 0 spiro atoms. The first-order valence-corrected chi connectivity index (χ1v) is 9.75. The number of nitrogens with zero attached hydrogens (tertiary/aromatic N) is 3. The molecule has 3 aromatic rings. The van der Waals surface area contributed by atoms with Crippen molar-refractivity contribution in [1.29, 1.82) is 0 Å². The molecule has 1 aromatic carbocycles.